The van der Waals surface area contributed by atoms with Gasteiger partial charge in [-0.2, -0.15) is 0 Å². The number of methoxy groups -OCH3 is 1. The van der Waals surface area contributed by atoms with E-state index in [1.807, 2.05) is 107 Å². The smallest absolute Gasteiger partial charge is 0.119 e. The first-order chi connectivity index (χ1) is 37.5. The maximum absolute atomic E-state index is 5.51. The van der Waals surface area contributed by atoms with E-state index in [2.05, 4.69) is 206 Å². The Morgan fingerprint density at radius 3 is 2.12 bits per heavy atom. The van der Waals surface area contributed by atoms with Gasteiger partial charge in [0.05, 0.1) is 24.0 Å². The van der Waals surface area contributed by atoms with Crippen LogP contribution in [0.25, 0.3) is 6.08 Å². The molecule has 6 rings (SSSR count). The molecule has 1 aliphatic heterocycles. The Labute approximate surface area is 463 Å². The fourth-order valence-corrected chi connectivity index (χ4v) is 8.76. The van der Waals surface area contributed by atoms with Gasteiger partial charge < -0.3 is 24.2 Å². The van der Waals surface area contributed by atoms with E-state index in [9.17, 15) is 0 Å². The molecule has 0 bridgehead atoms. The van der Waals surface area contributed by atoms with Crippen molar-refractivity contribution >= 4 is 17.5 Å². The summed E-state index contributed by atoms with van der Waals surface area (Å²) in [6.45, 7) is 24.8. The molecule has 0 saturated heterocycles. The van der Waals surface area contributed by atoms with Gasteiger partial charge in [0.2, 0.25) is 0 Å². The molecule has 1 unspecified atom stereocenters. The van der Waals surface area contributed by atoms with Crippen molar-refractivity contribution in [1.82, 2.24) is 4.90 Å². The second-order valence-corrected chi connectivity index (χ2v) is 19.0. The van der Waals surface area contributed by atoms with Gasteiger partial charge in [0, 0.05) is 46.7 Å². The number of nitrogens with zero attached hydrogens (tertiary/aromatic N) is 3. The fourth-order valence-electron chi connectivity index (χ4n) is 8.76. The summed E-state index contributed by atoms with van der Waals surface area (Å²) in [4.78, 5) is 6.75. The molecular formula is C72H81N3O2. The molecule has 0 N–H and O–H groups in total. The highest BCUT2D eigenvalue weighted by molar-refractivity contribution is 5.64. The van der Waals surface area contributed by atoms with Gasteiger partial charge in [-0.15, -0.1) is 5.73 Å². The largest absolute Gasteiger partial charge is 0.497 e. The van der Waals surface area contributed by atoms with Crippen LogP contribution in [0.5, 0.6) is 5.75 Å². The second kappa shape index (κ2) is 32.1. The molecule has 1 heterocycles. The molecule has 5 nitrogen and oxygen atoms in total. The molecule has 1 fully saturated rings. The zero-order valence-electron chi connectivity index (χ0n) is 47.1. The molecule has 3 aliphatic carbocycles. The number of allylic oxidation sites excluding steroid dienone is 28. The van der Waals surface area contributed by atoms with E-state index < -0.39 is 0 Å². The Balaban J connectivity index is 0.00000126. The molecule has 1 atom stereocenters. The zero-order chi connectivity index (χ0) is 55.3. The van der Waals surface area contributed by atoms with E-state index in [-0.39, 0.29) is 5.54 Å². The normalized spacial score (nSPS) is 18.0. The van der Waals surface area contributed by atoms with Crippen molar-refractivity contribution in [3.8, 4) is 17.6 Å². The zero-order valence-corrected chi connectivity index (χ0v) is 47.1. The Bertz CT molecular complexity index is 2990. The van der Waals surface area contributed by atoms with Crippen LogP contribution < -0.4 is 14.5 Å². The quantitative estimate of drug-likeness (QED) is 0.0666. The average Bonchev–Trinajstić information content (AvgIpc) is 3.68. The van der Waals surface area contributed by atoms with Gasteiger partial charge in [-0.3, -0.25) is 0 Å². The van der Waals surface area contributed by atoms with Crippen LogP contribution in [0.4, 0.5) is 11.4 Å². The number of benzene rings is 2. The Hall–Kier alpha value is -8.42. The number of likely N-dealkylation sites (N-methyl/N-ethyl adjacent to an activating group) is 1. The van der Waals surface area contributed by atoms with Crippen LogP contribution in [-0.2, 0) is 4.74 Å². The third-order valence-electron chi connectivity index (χ3n) is 13.3. The predicted octanol–water partition coefficient (Wildman–Crippen LogP) is 18.9. The van der Waals surface area contributed by atoms with E-state index in [1.54, 1.807) is 13.4 Å². The van der Waals surface area contributed by atoms with Gasteiger partial charge in [-0.1, -0.05) is 161 Å². The molecule has 396 valence electrons. The Morgan fingerprint density at radius 2 is 1.52 bits per heavy atom. The highest BCUT2D eigenvalue weighted by Gasteiger charge is 2.32. The summed E-state index contributed by atoms with van der Waals surface area (Å²) < 4.78 is 11.0. The minimum Gasteiger partial charge on any atom is -0.497 e. The van der Waals surface area contributed by atoms with E-state index in [1.165, 1.54) is 25.7 Å². The standard InChI is InChI=1S/C64H69N3O2.C8H12/c1-10-14-24-60(19-12-3)67(61-41-43-63(68-9)44-42-61)64(7)47-45-55(46-48-64)30-27-50(5)28-36-56(13-4)66(58(18-11-2)25-16-22-52-20-15-21-52)59-26-17-23-53(35-40-59)31-32-54-33-38-57(39-34-54)65(8)62-37-29-51(6)69-49-62;1-3-5-7-8-6-4-2/h10-14,17-19,24,26-27,29-35,37-47,49,52H,2,5-6,15-16,20-22,25,48H2,1,3-4,7-9H3;3-8H,1-2H3/b14-10+,19-12-,30-27+,32-31+,56-13+,58-18+,60-24+;5-3-,6-4+,8-7-. The van der Waals surface area contributed by atoms with Crippen molar-refractivity contribution in [1.29, 1.82) is 0 Å². The lowest BCUT2D eigenvalue weighted by Crippen LogP contribution is -2.44. The highest BCUT2D eigenvalue weighted by atomic mass is 16.5. The first kappa shape index (κ1) is 59.5. The van der Waals surface area contributed by atoms with E-state index in [4.69, 9.17) is 9.47 Å². The van der Waals surface area contributed by atoms with Gasteiger partial charge in [0.25, 0.3) is 0 Å². The predicted molar refractivity (Wildman–Crippen MR) is 333 cm³/mol. The second-order valence-electron chi connectivity index (χ2n) is 19.0. The minimum absolute atomic E-state index is 0.320. The minimum atomic E-state index is -0.320. The molecule has 0 spiro atoms. The van der Waals surface area contributed by atoms with Gasteiger partial charge in [-0.25, -0.2) is 0 Å². The summed E-state index contributed by atoms with van der Waals surface area (Å²) in [6.07, 6.45) is 65.8. The number of hydrogen-bond acceptors (Lipinski definition) is 5. The monoisotopic (exact) mass is 1020 g/mol. The van der Waals surface area contributed by atoms with Crippen molar-refractivity contribution in [2.24, 2.45) is 5.92 Å². The van der Waals surface area contributed by atoms with Crippen LogP contribution in [-0.4, -0.2) is 24.6 Å². The SMILES string of the molecule is C=C/C=C(\CCCC1CCC1)N(C1=CC=C=C(/C=C/c2ccc(N(C)C3=COC(=C)C=C3)cc2)C=C1)/C(C#CC(=C)/C=C/C1=CCC(C)(N(C(/C=C\C)=C/C=C/C)c2ccc(OC)cc2)C=C1)=C/C.C\C=C/C=C\C=C\C. The lowest BCUT2D eigenvalue weighted by molar-refractivity contribution is 0.287. The summed E-state index contributed by atoms with van der Waals surface area (Å²) in [5.41, 5.74) is 14.3. The maximum Gasteiger partial charge on any atom is 0.119 e. The van der Waals surface area contributed by atoms with Crippen molar-refractivity contribution in [2.75, 3.05) is 24.0 Å². The molecule has 0 aromatic heterocycles. The first-order valence-corrected chi connectivity index (χ1v) is 27.0. The molecule has 1 saturated carbocycles. The van der Waals surface area contributed by atoms with E-state index >= 15 is 0 Å². The summed E-state index contributed by atoms with van der Waals surface area (Å²) in [6, 6.07) is 16.7. The van der Waals surface area contributed by atoms with Gasteiger partial charge in [0.15, 0.2) is 0 Å². The molecule has 2 aromatic rings. The summed E-state index contributed by atoms with van der Waals surface area (Å²) in [7, 11) is 3.72. The van der Waals surface area contributed by atoms with Crippen LogP contribution in [0.2, 0.25) is 0 Å². The number of rotatable bonds is 22. The van der Waals surface area contributed by atoms with Gasteiger partial charge >= 0.3 is 0 Å². The molecule has 0 amide bonds. The van der Waals surface area contributed by atoms with Crippen molar-refractivity contribution in [3.05, 3.63) is 295 Å². The lowest BCUT2D eigenvalue weighted by atomic mass is 9.81. The van der Waals surface area contributed by atoms with Crippen LogP contribution in [0.15, 0.2) is 289 Å². The van der Waals surface area contributed by atoms with Gasteiger partial charge in [-0.05, 0) is 187 Å². The lowest BCUT2D eigenvalue weighted by Gasteiger charge is -2.43. The third-order valence-corrected chi connectivity index (χ3v) is 13.3. The molecule has 2 aromatic carbocycles. The number of anilines is 2. The summed E-state index contributed by atoms with van der Waals surface area (Å²) in [5, 5.41) is 0. The summed E-state index contributed by atoms with van der Waals surface area (Å²) in [5.74, 6) is 9.20. The Morgan fingerprint density at radius 1 is 0.805 bits per heavy atom. The van der Waals surface area contributed by atoms with Crippen LogP contribution in [0, 0.1) is 17.8 Å². The maximum atomic E-state index is 5.51. The first-order valence-electron chi connectivity index (χ1n) is 27.0. The van der Waals surface area contributed by atoms with Crippen LogP contribution in [0.1, 0.15) is 92.1 Å². The summed E-state index contributed by atoms with van der Waals surface area (Å²) >= 11 is 0. The molecular weight excluding hydrogens is 939 g/mol. The van der Waals surface area contributed by atoms with Crippen molar-refractivity contribution in [2.45, 2.75) is 92.0 Å². The number of ether oxygens (including phenoxy) is 2. The highest BCUT2D eigenvalue weighted by Crippen LogP contribution is 2.37. The third kappa shape index (κ3) is 18.7. The number of hydrogen-bond donors (Lipinski definition) is 0. The average molecular weight is 1020 g/mol. The molecule has 5 heteroatoms. The van der Waals surface area contributed by atoms with Crippen molar-refractivity contribution < 1.29 is 9.47 Å². The fraction of sp³-hybridized carbons (Fsp3) is 0.236. The molecule has 77 heavy (non-hydrogen) atoms. The van der Waals surface area contributed by atoms with Crippen LogP contribution in [0.3, 0.4) is 0 Å². The van der Waals surface area contributed by atoms with Gasteiger partial charge in [0.1, 0.15) is 17.8 Å². The molecule has 0 radical (unpaired) electrons. The van der Waals surface area contributed by atoms with Crippen LogP contribution >= 0.6 is 0 Å². The van der Waals surface area contributed by atoms with E-state index in [0.29, 0.717) is 5.76 Å². The Kier molecular flexibility index (Phi) is 24.8. The van der Waals surface area contributed by atoms with Crippen molar-refractivity contribution in [3.63, 3.8) is 0 Å². The molecule has 4 aliphatic rings. The van der Waals surface area contributed by atoms with E-state index in [0.717, 1.165) is 93.1 Å². The topological polar surface area (TPSA) is 28.2 Å².